The van der Waals surface area contributed by atoms with Crippen LogP contribution in [0.25, 0.3) is 0 Å². The number of rotatable bonds is 0. The molecule has 1 saturated heterocycles. The lowest BCUT2D eigenvalue weighted by Crippen LogP contribution is -2.44. The van der Waals surface area contributed by atoms with Gasteiger partial charge in [-0.25, -0.2) is 0 Å². The summed E-state index contributed by atoms with van der Waals surface area (Å²) in [6, 6.07) is 0. The van der Waals surface area contributed by atoms with E-state index in [2.05, 4.69) is 20.8 Å². The summed E-state index contributed by atoms with van der Waals surface area (Å²) in [6.07, 6.45) is 6.84. The molecule has 3 fully saturated rings. The van der Waals surface area contributed by atoms with Gasteiger partial charge in [-0.2, -0.15) is 9.78 Å². The van der Waals surface area contributed by atoms with Crippen molar-refractivity contribution in [2.24, 2.45) is 11.3 Å². The highest BCUT2D eigenvalue weighted by atomic mass is 17.3. The van der Waals surface area contributed by atoms with Crippen LogP contribution in [0.1, 0.15) is 72.1 Å². The largest absolute Gasteiger partial charge is 0.393 e. The molecule has 0 aromatic carbocycles. The molecule has 116 valence electrons. The third-order valence-electron chi connectivity index (χ3n) is 5.33. The van der Waals surface area contributed by atoms with Crippen LogP contribution in [-0.4, -0.2) is 22.8 Å². The van der Waals surface area contributed by atoms with Crippen LogP contribution in [0.15, 0.2) is 0 Å². The van der Waals surface area contributed by atoms with Crippen LogP contribution in [0.3, 0.4) is 0 Å². The molecule has 0 amide bonds. The Kier molecular flexibility index (Phi) is 3.65. The summed E-state index contributed by atoms with van der Waals surface area (Å²) in [5.74, 6) is -0.528. The zero-order valence-electron chi connectivity index (χ0n) is 13.0. The third kappa shape index (κ3) is 2.76. The summed E-state index contributed by atoms with van der Waals surface area (Å²) in [6.45, 7) is 6.92. The molecular weight excluding hydrogens is 256 g/mol. The van der Waals surface area contributed by atoms with Gasteiger partial charge >= 0.3 is 0 Å². The minimum atomic E-state index is -0.688. The van der Waals surface area contributed by atoms with Gasteiger partial charge < -0.3 is 9.84 Å². The molecule has 1 aliphatic heterocycles. The molecule has 1 N–H and O–H groups in total. The molecule has 4 heteroatoms. The van der Waals surface area contributed by atoms with E-state index in [-0.39, 0.29) is 6.10 Å². The van der Waals surface area contributed by atoms with Crippen molar-refractivity contribution in [2.45, 2.75) is 89.8 Å². The third-order valence-corrected chi connectivity index (χ3v) is 5.33. The maximum Gasteiger partial charge on any atom is 0.207 e. The molecule has 2 saturated carbocycles. The average Bonchev–Trinajstić information content (AvgIpc) is 2.67. The molecule has 2 aliphatic carbocycles. The van der Waals surface area contributed by atoms with Crippen LogP contribution < -0.4 is 0 Å². The molecule has 4 nitrogen and oxygen atoms in total. The van der Waals surface area contributed by atoms with Gasteiger partial charge in [-0.05, 0) is 37.0 Å². The first kappa shape index (κ1) is 14.8. The average molecular weight is 284 g/mol. The Balaban J connectivity index is 1.63. The van der Waals surface area contributed by atoms with E-state index in [0.29, 0.717) is 17.8 Å². The molecule has 0 bridgehead atoms. The maximum atomic E-state index is 9.85. The molecule has 1 heterocycles. The predicted molar refractivity (Wildman–Crippen MR) is 74.6 cm³/mol. The van der Waals surface area contributed by atoms with Gasteiger partial charge in [0, 0.05) is 25.7 Å². The lowest BCUT2D eigenvalue weighted by Gasteiger charge is -2.40. The van der Waals surface area contributed by atoms with Gasteiger partial charge in [-0.1, -0.05) is 20.8 Å². The fourth-order valence-electron chi connectivity index (χ4n) is 3.97. The SMILES string of the molecule is CC(C)(C)C1CCC2(CC1)OOC1(CCCC(O)C1)O2. The highest BCUT2D eigenvalue weighted by Gasteiger charge is 2.55. The highest BCUT2D eigenvalue weighted by molar-refractivity contribution is 4.90. The maximum absolute atomic E-state index is 9.85. The van der Waals surface area contributed by atoms with Crippen LogP contribution in [0.5, 0.6) is 0 Å². The van der Waals surface area contributed by atoms with Gasteiger partial charge in [0.05, 0.1) is 6.10 Å². The second kappa shape index (κ2) is 4.94. The van der Waals surface area contributed by atoms with E-state index >= 15 is 0 Å². The summed E-state index contributed by atoms with van der Waals surface area (Å²) in [4.78, 5) is 11.2. The van der Waals surface area contributed by atoms with Gasteiger partial charge in [-0.15, -0.1) is 0 Å². The smallest absolute Gasteiger partial charge is 0.207 e. The second-order valence-electron chi connectivity index (χ2n) is 7.98. The number of ether oxygens (including phenoxy) is 1. The van der Waals surface area contributed by atoms with Crippen LogP contribution in [-0.2, 0) is 14.5 Å². The first-order chi connectivity index (χ1) is 9.33. The second-order valence-corrected chi connectivity index (χ2v) is 7.98. The van der Waals surface area contributed by atoms with E-state index in [4.69, 9.17) is 14.5 Å². The standard InChI is InChI=1S/C16H28O4/c1-14(2,3)12-6-9-15(10-7-12)18-16(20-19-15)8-4-5-13(17)11-16/h12-13,17H,4-11H2,1-3H3. The zero-order valence-corrected chi connectivity index (χ0v) is 13.0. The van der Waals surface area contributed by atoms with Gasteiger partial charge in [-0.3, -0.25) is 0 Å². The topological polar surface area (TPSA) is 47.9 Å². The van der Waals surface area contributed by atoms with E-state index in [9.17, 15) is 5.11 Å². The lowest BCUT2D eigenvalue weighted by atomic mass is 9.71. The summed E-state index contributed by atoms with van der Waals surface area (Å²) in [7, 11) is 0. The van der Waals surface area contributed by atoms with E-state index in [1.807, 2.05) is 0 Å². The van der Waals surface area contributed by atoms with Crippen molar-refractivity contribution in [2.75, 3.05) is 0 Å². The summed E-state index contributed by atoms with van der Waals surface area (Å²) in [5.41, 5.74) is 0.347. The molecule has 2 atom stereocenters. The van der Waals surface area contributed by atoms with E-state index in [1.165, 1.54) is 0 Å². The monoisotopic (exact) mass is 284 g/mol. The predicted octanol–water partition coefficient (Wildman–Crippen LogP) is 3.53. The molecule has 20 heavy (non-hydrogen) atoms. The van der Waals surface area contributed by atoms with E-state index in [0.717, 1.165) is 44.9 Å². The Bertz CT molecular complexity index is 354. The van der Waals surface area contributed by atoms with Crippen molar-refractivity contribution in [3.63, 3.8) is 0 Å². The molecule has 0 aromatic rings. The molecular formula is C16H28O4. The number of hydrogen-bond donors (Lipinski definition) is 1. The van der Waals surface area contributed by atoms with Crippen LogP contribution in [0.2, 0.25) is 0 Å². The Hall–Kier alpha value is -0.160. The fraction of sp³-hybridized carbons (Fsp3) is 1.00. The van der Waals surface area contributed by atoms with Crippen molar-refractivity contribution in [1.82, 2.24) is 0 Å². The molecule has 2 spiro atoms. The van der Waals surface area contributed by atoms with Crippen LogP contribution in [0.4, 0.5) is 0 Å². The van der Waals surface area contributed by atoms with Gasteiger partial charge in [0.1, 0.15) is 0 Å². The van der Waals surface area contributed by atoms with Crippen molar-refractivity contribution in [3.8, 4) is 0 Å². The normalized spacial score (nSPS) is 46.2. The fourth-order valence-corrected chi connectivity index (χ4v) is 3.97. The van der Waals surface area contributed by atoms with Gasteiger partial charge in [0.2, 0.25) is 11.6 Å². The molecule has 0 aromatic heterocycles. The molecule has 2 unspecified atom stereocenters. The Morgan fingerprint density at radius 3 is 2.20 bits per heavy atom. The summed E-state index contributed by atoms with van der Waals surface area (Å²) >= 11 is 0. The first-order valence-corrected chi connectivity index (χ1v) is 8.08. The quantitative estimate of drug-likeness (QED) is 0.691. The molecule has 3 aliphatic rings. The molecule has 0 radical (unpaired) electrons. The lowest BCUT2D eigenvalue weighted by molar-refractivity contribution is -0.361. The van der Waals surface area contributed by atoms with Crippen molar-refractivity contribution < 1.29 is 19.6 Å². The summed E-state index contributed by atoms with van der Waals surface area (Å²) < 4.78 is 6.25. The first-order valence-electron chi connectivity index (χ1n) is 8.08. The van der Waals surface area contributed by atoms with Crippen molar-refractivity contribution in [1.29, 1.82) is 0 Å². The minimum absolute atomic E-state index is 0.326. The summed E-state index contributed by atoms with van der Waals surface area (Å²) in [5, 5.41) is 9.85. The van der Waals surface area contributed by atoms with E-state index < -0.39 is 11.6 Å². The number of aliphatic hydroxyl groups is 1. The Labute approximate surface area is 121 Å². The Morgan fingerprint density at radius 1 is 0.950 bits per heavy atom. The zero-order chi connectivity index (χ0) is 14.4. The Morgan fingerprint density at radius 2 is 1.60 bits per heavy atom. The van der Waals surface area contributed by atoms with E-state index in [1.54, 1.807) is 0 Å². The minimum Gasteiger partial charge on any atom is -0.393 e. The van der Waals surface area contributed by atoms with Gasteiger partial charge in [0.15, 0.2) is 0 Å². The number of aliphatic hydroxyl groups excluding tert-OH is 1. The van der Waals surface area contributed by atoms with Crippen LogP contribution in [0, 0.1) is 11.3 Å². The van der Waals surface area contributed by atoms with Crippen LogP contribution >= 0.6 is 0 Å². The highest BCUT2D eigenvalue weighted by Crippen LogP contribution is 2.51. The molecule has 3 rings (SSSR count). The van der Waals surface area contributed by atoms with Gasteiger partial charge in [0.25, 0.3) is 0 Å². The van der Waals surface area contributed by atoms with Crippen molar-refractivity contribution >= 4 is 0 Å². The van der Waals surface area contributed by atoms with Crippen molar-refractivity contribution in [3.05, 3.63) is 0 Å². The number of hydrogen-bond acceptors (Lipinski definition) is 4.